The van der Waals surface area contributed by atoms with E-state index in [2.05, 4.69) is 15.3 Å². The third kappa shape index (κ3) is 4.13. The number of rotatable bonds is 5. The predicted molar refractivity (Wildman–Crippen MR) is 83.9 cm³/mol. The zero-order valence-corrected chi connectivity index (χ0v) is 11.9. The van der Waals surface area contributed by atoms with Gasteiger partial charge >= 0.3 is 0 Å². The van der Waals surface area contributed by atoms with Crippen molar-refractivity contribution in [3.8, 4) is 5.75 Å². The number of nitrogens with one attached hydrogen (secondary N) is 1. The minimum atomic E-state index is 0.473. The molecule has 1 fully saturated rings. The highest BCUT2D eigenvalue weighted by Crippen LogP contribution is 2.15. The molecule has 1 saturated heterocycles. The highest BCUT2D eigenvalue weighted by atomic mass is 16.5. The van der Waals surface area contributed by atoms with Crippen LogP contribution in [0.15, 0.2) is 43.0 Å². The lowest BCUT2D eigenvalue weighted by molar-refractivity contribution is 0.276. The molecule has 2 aromatic heterocycles. The second-order valence-corrected chi connectivity index (χ2v) is 5.17. The van der Waals surface area contributed by atoms with Crippen LogP contribution in [-0.4, -0.2) is 29.2 Å². The molecule has 0 spiro atoms. The number of ether oxygens (including phenoxy) is 1. The maximum atomic E-state index is 5.81. The van der Waals surface area contributed by atoms with Crippen molar-refractivity contribution in [1.29, 1.82) is 0 Å². The molecule has 0 bridgehead atoms. The summed E-state index contributed by atoms with van der Waals surface area (Å²) in [6.07, 6.45) is 13.7. The normalized spacial score (nSPS) is 18.2. The van der Waals surface area contributed by atoms with Crippen molar-refractivity contribution in [2.24, 2.45) is 0 Å². The first-order valence-electron chi connectivity index (χ1n) is 7.29. The molecule has 1 aliphatic heterocycles. The molecule has 0 radical (unpaired) electrons. The molecule has 21 heavy (non-hydrogen) atoms. The average molecular weight is 281 g/mol. The van der Waals surface area contributed by atoms with E-state index in [1.54, 1.807) is 18.6 Å². The van der Waals surface area contributed by atoms with Gasteiger partial charge < -0.3 is 10.1 Å². The molecule has 108 valence electrons. The zero-order chi connectivity index (χ0) is 14.3. The van der Waals surface area contributed by atoms with Gasteiger partial charge in [-0.1, -0.05) is 12.2 Å². The minimum Gasteiger partial charge on any atom is -0.490 e. The Kier molecular flexibility index (Phi) is 4.59. The van der Waals surface area contributed by atoms with E-state index in [9.17, 15) is 0 Å². The molecule has 1 atom stereocenters. The van der Waals surface area contributed by atoms with Gasteiger partial charge in [-0.3, -0.25) is 9.97 Å². The summed E-state index contributed by atoms with van der Waals surface area (Å²) in [7, 11) is 0. The van der Waals surface area contributed by atoms with Crippen LogP contribution in [0.1, 0.15) is 24.0 Å². The molecular formula is C17H19N3O. The van der Waals surface area contributed by atoms with Crippen molar-refractivity contribution in [3.63, 3.8) is 0 Å². The van der Waals surface area contributed by atoms with Crippen LogP contribution in [0.3, 0.4) is 0 Å². The molecule has 0 aliphatic carbocycles. The van der Waals surface area contributed by atoms with E-state index >= 15 is 0 Å². The fourth-order valence-corrected chi connectivity index (χ4v) is 2.37. The minimum absolute atomic E-state index is 0.473. The molecule has 0 unspecified atom stereocenters. The summed E-state index contributed by atoms with van der Waals surface area (Å²) in [4.78, 5) is 8.24. The Morgan fingerprint density at radius 3 is 2.81 bits per heavy atom. The van der Waals surface area contributed by atoms with Crippen LogP contribution in [0.2, 0.25) is 0 Å². The van der Waals surface area contributed by atoms with Gasteiger partial charge in [0.05, 0.1) is 6.20 Å². The Hall–Kier alpha value is -2.20. The zero-order valence-electron chi connectivity index (χ0n) is 11.9. The summed E-state index contributed by atoms with van der Waals surface area (Å²) >= 11 is 0. The highest BCUT2D eigenvalue weighted by molar-refractivity contribution is 5.69. The van der Waals surface area contributed by atoms with Gasteiger partial charge in [0.15, 0.2) is 0 Å². The summed E-state index contributed by atoms with van der Waals surface area (Å²) in [5, 5.41) is 3.42. The monoisotopic (exact) mass is 281 g/mol. The summed E-state index contributed by atoms with van der Waals surface area (Å²) in [5.74, 6) is 0.820. The molecule has 0 aromatic carbocycles. The Balaban J connectivity index is 1.61. The van der Waals surface area contributed by atoms with Gasteiger partial charge in [-0.15, -0.1) is 0 Å². The Morgan fingerprint density at radius 2 is 2.00 bits per heavy atom. The average Bonchev–Trinajstić information content (AvgIpc) is 3.06. The second-order valence-electron chi connectivity index (χ2n) is 5.17. The highest BCUT2D eigenvalue weighted by Gasteiger charge is 2.14. The number of nitrogens with zero attached hydrogens (tertiary/aromatic N) is 2. The number of aromatic nitrogens is 2. The molecule has 1 N–H and O–H groups in total. The van der Waals surface area contributed by atoms with Crippen molar-refractivity contribution in [3.05, 3.63) is 54.1 Å². The fraction of sp³-hybridized carbons (Fsp3) is 0.294. The van der Waals surface area contributed by atoms with Crippen molar-refractivity contribution >= 4 is 12.2 Å². The third-order valence-electron chi connectivity index (χ3n) is 3.52. The van der Waals surface area contributed by atoms with Crippen LogP contribution in [0, 0.1) is 0 Å². The Bertz CT molecular complexity index is 592. The summed E-state index contributed by atoms with van der Waals surface area (Å²) in [6.45, 7) is 1.81. The van der Waals surface area contributed by atoms with E-state index in [0.717, 1.165) is 23.4 Å². The van der Waals surface area contributed by atoms with Crippen LogP contribution < -0.4 is 10.1 Å². The first kappa shape index (κ1) is 13.8. The van der Waals surface area contributed by atoms with Crippen molar-refractivity contribution in [2.45, 2.75) is 18.9 Å². The predicted octanol–water partition coefficient (Wildman–Crippen LogP) is 2.78. The number of hydrogen-bond acceptors (Lipinski definition) is 4. The summed E-state index contributed by atoms with van der Waals surface area (Å²) in [6, 6.07) is 6.42. The molecule has 3 heterocycles. The lowest BCUT2D eigenvalue weighted by atomic mass is 10.2. The second kappa shape index (κ2) is 6.99. The summed E-state index contributed by atoms with van der Waals surface area (Å²) in [5.41, 5.74) is 2.15. The molecule has 2 aromatic rings. The van der Waals surface area contributed by atoms with Gasteiger partial charge in [-0.05, 0) is 48.7 Å². The van der Waals surface area contributed by atoms with Gasteiger partial charge in [-0.2, -0.15) is 0 Å². The van der Waals surface area contributed by atoms with Crippen LogP contribution in [0.25, 0.3) is 12.2 Å². The Labute approximate surface area is 124 Å². The Morgan fingerprint density at radius 1 is 1.14 bits per heavy atom. The maximum absolute atomic E-state index is 5.81. The molecule has 0 amide bonds. The smallest absolute Gasteiger partial charge is 0.138 e. The van der Waals surface area contributed by atoms with Crippen LogP contribution in [0.4, 0.5) is 0 Å². The topological polar surface area (TPSA) is 47.0 Å². The van der Waals surface area contributed by atoms with Crippen LogP contribution >= 0.6 is 0 Å². The van der Waals surface area contributed by atoms with E-state index in [0.29, 0.717) is 12.6 Å². The molecule has 0 saturated carbocycles. The van der Waals surface area contributed by atoms with E-state index in [1.807, 2.05) is 36.5 Å². The van der Waals surface area contributed by atoms with Gasteiger partial charge in [0.2, 0.25) is 0 Å². The lowest BCUT2D eigenvalue weighted by Gasteiger charge is -2.11. The molecule has 4 heteroatoms. The van der Waals surface area contributed by atoms with E-state index < -0.39 is 0 Å². The van der Waals surface area contributed by atoms with Gasteiger partial charge in [0.1, 0.15) is 12.4 Å². The fourth-order valence-electron chi connectivity index (χ4n) is 2.37. The first-order chi connectivity index (χ1) is 10.4. The van der Waals surface area contributed by atoms with Crippen molar-refractivity contribution in [1.82, 2.24) is 15.3 Å². The van der Waals surface area contributed by atoms with E-state index in [4.69, 9.17) is 4.74 Å². The van der Waals surface area contributed by atoms with Gasteiger partial charge in [0, 0.05) is 24.6 Å². The van der Waals surface area contributed by atoms with Gasteiger partial charge in [0.25, 0.3) is 0 Å². The SMILES string of the molecule is C(=Cc1cncc(OC[C@@H]2CCCN2)c1)c1ccncc1. The van der Waals surface area contributed by atoms with Gasteiger partial charge in [-0.25, -0.2) is 0 Å². The van der Waals surface area contributed by atoms with Crippen molar-refractivity contribution < 1.29 is 4.74 Å². The van der Waals surface area contributed by atoms with E-state index in [1.165, 1.54) is 12.8 Å². The standard InChI is InChI=1S/C17H19N3O/c1-2-16(20-7-1)13-21-17-10-15(11-19-12-17)4-3-14-5-8-18-9-6-14/h3-6,8-12,16,20H,1-2,7,13H2/t16-/m0/s1. The first-order valence-corrected chi connectivity index (χ1v) is 7.29. The lowest BCUT2D eigenvalue weighted by Crippen LogP contribution is -2.28. The largest absolute Gasteiger partial charge is 0.490 e. The van der Waals surface area contributed by atoms with Crippen molar-refractivity contribution in [2.75, 3.05) is 13.2 Å². The molecule has 1 aliphatic rings. The molecule has 4 nitrogen and oxygen atoms in total. The van der Waals surface area contributed by atoms with Crippen LogP contribution in [0.5, 0.6) is 5.75 Å². The van der Waals surface area contributed by atoms with E-state index in [-0.39, 0.29) is 0 Å². The molecular weight excluding hydrogens is 262 g/mol. The quantitative estimate of drug-likeness (QED) is 0.915. The third-order valence-corrected chi connectivity index (χ3v) is 3.52. The summed E-state index contributed by atoms with van der Waals surface area (Å²) < 4.78 is 5.81. The number of pyridine rings is 2. The van der Waals surface area contributed by atoms with Crippen LogP contribution in [-0.2, 0) is 0 Å². The maximum Gasteiger partial charge on any atom is 0.138 e. The number of hydrogen-bond donors (Lipinski definition) is 1. The molecule has 3 rings (SSSR count).